The third-order valence-electron chi connectivity index (χ3n) is 6.03. The zero-order valence-corrected chi connectivity index (χ0v) is 23.2. The van der Waals surface area contributed by atoms with Crippen molar-refractivity contribution in [1.29, 1.82) is 0 Å². The Morgan fingerprint density at radius 3 is 1.27 bits per heavy atom. The third kappa shape index (κ3) is 23.5. The van der Waals surface area contributed by atoms with Crippen molar-refractivity contribution in [1.82, 2.24) is 0 Å². The summed E-state index contributed by atoms with van der Waals surface area (Å²) in [5.74, 6) is 0. The maximum atomic E-state index is 10.8. The quantitative estimate of drug-likeness (QED) is 0.151. The normalized spacial score (nSPS) is 13.7. The predicted octanol–water partition coefficient (Wildman–Crippen LogP) is 4.11. The van der Waals surface area contributed by atoms with Gasteiger partial charge in [-0.1, -0.05) is 116 Å². The van der Waals surface area contributed by atoms with Crippen LogP contribution in [0, 0.1) is 0 Å². The first-order valence-corrected chi connectivity index (χ1v) is 14.0. The average Bonchev–Trinajstić information content (AvgIpc) is 2.67. The number of rotatable bonds is 22. The Morgan fingerprint density at radius 2 is 0.933 bits per heavy atom. The van der Waals surface area contributed by atoms with E-state index in [2.05, 4.69) is 6.92 Å². The van der Waals surface area contributed by atoms with Crippen LogP contribution in [0.4, 0.5) is 0 Å². The second kappa shape index (κ2) is 23.0. The van der Waals surface area contributed by atoms with Gasteiger partial charge in [0.05, 0.1) is 16.2 Å². The van der Waals surface area contributed by atoms with E-state index in [0.29, 0.717) is 6.42 Å². The number of aliphatic hydroxyl groups excluding tert-OH is 1. The molecule has 6 heteroatoms. The van der Waals surface area contributed by atoms with Gasteiger partial charge in [0.25, 0.3) is 0 Å². The summed E-state index contributed by atoms with van der Waals surface area (Å²) in [6.07, 6.45) is 23.2. The summed E-state index contributed by atoms with van der Waals surface area (Å²) in [6, 6.07) is 0. The largest absolute Gasteiger partial charge is 1.00 e. The molecule has 0 amide bonds. The van der Waals surface area contributed by atoms with Crippen molar-refractivity contribution in [2.24, 2.45) is 0 Å². The first-order valence-electron chi connectivity index (χ1n) is 12.5. The van der Waals surface area contributed by atoms with Crippen LogP contribution in [0.25, 0.3) is 0 Å². The van der Waals surface area contributed by atoms with Crippen LogP contribution in [-0.2, 0) is 10.1 Å². The van der Waals surface area contributed by atoms with Gasteiger partial charge in [-0.3, -0.25) is 0 Å². The molecule has 0 aliphatic heterocycles. The van der Waals surface area contributed by atoms with E-state index in [-0.39, 0.29) is 35.7 Å². The SMILES string of the molecule is CCCCCCCCCCCCCC(O)CCCCCCCCC(C)S(=O)(=O)[O-].[Na+]. The van der Waals surface area contributed by atoms with Crippen LogP contribution in [-0.4, -0.2) is 29.4 Å². The molecule has 176 valence electrons. The molecule has 30 heavy (non-hydrogen) atoms. The summed E-state index contributed by atoms with van der Waals surface area (Å²) in [6.45, 7) is 3.76. The van der Waals surface area contributed by atoms with E-state index in [1.807, 2.05) is 0 Å². The molecule has 0 aliphatic rings. The molecule has 2 atom stereocenters. The molecule has 0 fully saturated rings. The maximum absolute atomic E-state index is 10.8. The van der Waals surface area contributed by atoms with E-state index in [9.17, 15) is 18.1 Å². The maximum Gasteiger partial charge on any atom is 1.00 e. The monoisotopic (exact) mass is 456 g/mol. The Kier molecular flexibility index (Phi) is 25.4. The molecule has 0 spiro atoms. The minimum absolute atomic E-state index is 0. The minimum Gasteiger partial charge on any atom is -0.748 e. The summed E-state index contributed by atoms with van der Waals surface area (Å²) in [7, 11) is -4.11. The van der Waals surface area contributed by atoms with Crippen LogP contribution < -0.4 is 29.6 Å². The van der Waals surface area contributed by atoms with E-state index < -0.39 is 15.4 Å². The van der Waals surface area contributed by atoms with Crippen molar-refractivity contribution in [2.75, 3.05) is 0 Å². The molecule has 2 unspecified atom stereocenters. The van der Waals surface area contributed by atoms with E-state index in [1.54, 1.807) is 0 Å². The molecular weight excluding hydrogens is 407 g/mol. The van der Waals surface area contributed by atoms with Gasteiger partial charge in [0, 0.05) is 5.25 Å². The fourth-order valence-corrected chi connectivity index (χ4v) is 4.31. The molecule has 0 aromatic heterocycles. The van der Waals surface area contributed by atoms with Crippen molar-refractivity contribution < 1.29 is 47.6 Å². The van der Waals surface area contributed by atoms with Crippen LogP contribution in [0.15, 0.2) is 0 Å². The fourth-order valence-electron chi connectivity index (χ4n) is 3.85. The Bertz CT molecular complexity index is 442. The molecule has 0 rings (SSSR count). The molecule has 0 heterocycles. The van der Waals surface area contributed by atoms with Crippen LogP contribution in [0.1, 0.15) is 142 Å². The van der Waals surface area contributed by atoms with Crippen LogP contribution >= 0.6 is 0 Å². The summed E-state index contributed by atoms with van der Waals surface area (Å²) in [5.41, 5.74) is 0. The van der Waals surface area contributed by atoms with Crippen molar-refractivity contribution in [2.45, 2.75) is 154 Å². The smallest absolute Gasteiger partial charge is 0.748 e. The standard InChI is InChI=1S/C24H50O4S.Na/c1-3-4-5-6-7-8-9-10-11-15-18-21-24(25)22-19-16-13-12-14-17-20-23(2)29(26,27)28;/h23-25H,3-22H2,1-2H3,(H,26,27,28);/q;+1/p-1. The predicted molar refractivity (Wildman–Crippen MR) is 123 cm³/mol. The van der Waals surface area contributed by atoms with Gasteiger partial charge in [0.15, 0.2) is 0 Å². The molecule has 0 saturated heterocycles. The Labute approximate surface area is 210 Å². The molecule has 0 aromatic rings. The van der Waals surface area contributed by atoms with Crippen molar-refractivity contribution in [3.8, 4) is 0 Å². The van der Waals surface area contributed by atoms with Gasteiger partial charge in [-0.15, -0.1) is 0 Å². The van der Waals surface area contributed by atoms with Gasteiger partial charge in [-0.05, 0) is 26.2 Å². The van der Waals surface area contributed by atoms with Gasteiger partial charge in [-0.2, -0.15) is 0 Å². The number of unbranched alkanes of at least 4 members (excludes halogenated alkanes) is 15. The second-order valence-electron chi connectivity index (χ2n) is 8.98. The van der Waals surface area contributed by atoms with Crippen LogP contribution in [0.2, 0.25) is 0 Å². The van der Waals surface area contributed by atoms with Crippen LogP contribution in [0.3, 0.4) is 0 Å². The Morgan fingerprint density at radius 1 is 0.633 bits per heavy atom. The molecule has 0 aliphatic carbocycles. The number of hydrogen-bond donors (Lipinski definition) is 1. The van der Waals surface area contributed by atoms with Gasteiger partial charge in [0.2, 0.25) is 0 Å². The molecule has 0 aromatic carbocycles. The molecule has 0 saturated carbocycles. The first-order chi connectivity index (χ1) is 13.9. The van der Waals surface area contributed by atoms with Gasteiger partial charge in [-0.25, -0.2) is 8.42 Å². The van der Waals surface area contributed by atoms with E-state index in [4.69, 9.17) is 0 Å². The van der Waals surface area contributed by atoms with Crippen molar-refractivity contribution >= 4 is 10.1 Å². The number of hydrogen-bond acceptors (Lipinski definition) is 4. The van der Waals surface area contributed by atoms with Crippen molar-refractivity contribution in [3.63, 3.8) is 0 Å². The first kappa shape index (κ1) is 33.0. The molecule has 1 N–H and O–H groups in total. The number of aliphatic hydroxyl groups is 1. The molecular formula is C24H49NaO4S. The summed E-state index contributed by atoms with van der Waals surface area (Å²) >= 11 is 0. The zero-order valence-electron chi connectivity index (χ0n) is 20.4. The summed E-state index contributed by atoms with van der Waals surface area (Å²) < 4.78 is 32.4. The Hall–Kier alpha value is 0.870. The minimum atomic E-state index is -4.11. The zero-order chi connectivity index (χ0) is 21.8. The summed E-state index contributed by atoms with van der Waals surface area (Å²) in [5, 5.41) is 9.33. The third-order valence-corrected chi connectivity index (χ3v) is 7.25. The van der Waals surface area contributed by atoms with Gasteiger partial charge in [0.1, 0.15) is 0 Å². The fraction of sp³-hybridized carbons (Fsp3) is 1.00. The molecule has 0 bridgehead atoms. The van der Waals surface area contributed by atoms with E-state index >= 15 is 0 Å². The van der Waals surface area contributed by atoms with E-state index in [1.165, 1.54) is 71.1 Å². The van der Waals surface area contributed by atoms with Crippen molar-refractivity contribution in [3.05, 3.63) is 0 Å². The topological polar surface area (TPSA) is 77.4 Å². The van der Waals surface area contributed by atoms with E-state index in [0.717, 1.165) is 57.8 Å². The van der Waals surface area contributed by atoms with Gasteiger partial charge < -0.3 is 9.66 Å². The molecule has 4 nitrogen and oxygen atoms in total. The average molecular weight is 457 g/mol. The Balaban J connectivity index is 0. The summed E-state index contributed by atoms with van der Waals surface area (Å²) in [4.78, 5) is 0. The second-order valence-corrected chi connectivity index (χ2v) is 10.8. The van der Waals surface area contributed by atoms with Gasteiger partial charge >= 0.3 is 29.6 Å². The molecule has 0 radical (unpaired) electrons. The van der Waals surface area contributed by atoms with Crippen LogP contribution in [0.5, 0.6) is 0 Å².